The first-order valence-corrected chi connectivity index (χ1v) is 12.1. The highest BCUT2D eigenvalue weighted by atomic mass is 32.2. The van der Waals surface area contributed by atoms with E-state index in [1.807, 2.05) is 76.2 Å². The van der Waals surface area contributed by atoms with E-state index in [0.717, 1.165) is 39.3 Å². The average Bonchev–Trinajstić information content (AvgIpc) is 3.08. The zero-order valence-corrected chi connectivity index (χ0v) is 20.6. The predicted molar refractivity (Wildman–Crippen MR) is 138 cm³/mol. The summed E-state index contributed by atoms with van der Waals surface area (Å²) in [6.07, 6.45) is 1.78. The van der Waals surface area contributed by atoms with Gasteiger partial charge in [0.15, 0.2) is 5.17 Å². The van der Waals surface area contributed by atoms with Crippen LogP contribution in [-0.2, 0) is 16.1 Å². The van der Waals surface area contributed by atoms with Crippen molar-refractivity contribution in [1.82, 2.24) is 9.88 Å². The molecule has 7 heteroatoms. The molecule has 0 aliphatic carbocycles. The fourth-order valence-corrected chi connectivity index (χ4v) is 5.08. The van der Waals surface area contributed by atoms with Gasteiger partial charge in [0, 0.05) is 18.3 Å². The van der Waals surface area contributed by atoms with Crippen molar-refractivity contribution < 1.29 is 9.59 Å². The monoisotopic (exact) mass is 472 g/mol. The van der Waals surface area contributed by atoms with Crippen LogP contribution in [-0.4, -0.2) is 32.1 Å². The summed E-state index contributed by atoms with van der Waals surface area (Å²) in [6.45, 7) is 8.27. The van der Waals surface area contributed by atoms with Gasteiger partial charge in [-0.3, -0.25) is 19.5 Å². The predicted octanol–water partition coefficient (Wildman–Crippen LogP) is 5.48. The lowest BCUT2D eigenvalue weighted by molar-refractivity contribution is -0.128. The van der Waals surface area contributed by atoms with Crippen LogP contribution in [0.3, 0.4) is 0 Å². The second-order valence-electron chi connectivity index (χ2n) is 8.56. The topological polar surface area (TPSA) is 74.7 Å². The van der Waals surface area contributed by atoms with Gasteiger partial charge in [-0.25, -0.2) is 4.99 Å². The molecule has 2 amide bonds. The number of nitrogens with zero attached hydrogens (tertiary/aromatic N) is 3. The highest BCUT2D eigenvalue weighted by molar-refractivity contribution is 8.15. The molecule has 1 aliphatic heterocycles. The van der Waals surface area contributed by atoms with Crippen LogP contribution >= 0.6 is 11.8 Å². The van der Waals surface area contributed by atoms with E-state index in [-0.39, 0.29) is 18.2 Å². The fraction of sp³-hybridized carbons (Fsp3) is 0.259. The van der Waals surface area contributed by atoms with Crippen molar-refractivity contribution in [2.75, 3.05) is 5.32 Å². The van der Waals surface area contributed by atoms with Crippen LogP contribution < -0.4 is 5.32 Å². The molecule has 1 aliphatic rings. The van der Waals surface area contributed by atoms with E-state index in [4.69, 9.17) is 4.99 Å². The molecule has 0 saturated carbocycles. The zero-order chi connectivity index (χ0) is 24.2. The van der Waals surface area contributed by atoms with Crippen LogP contribution in [0.25, 0.3) is 0 Å². The second kappa shape index (κ2) is 10.2. The number of nitrogens with one attached hydrogen (secondary N) is 1. The number of anilines is 1. The van der Waals surface area contributed by atoms with Gasteiger partial charge in [0.25, 0.3) is 0 Å². The Bertz CT molecular complexity index is 1240. The number of amidine groups is 1. The average molecular weight is 473 g/mol. The van der Waals surface area contributed by atoms with Crippen molar-refractivity contribution in [3.8, 4) is 0 Å². The molecule has 1 aromatic heterocycles. The number of aliphatic imine (C=N–C) groups is 1. The lowest BCUT2D eigenvalue weighted by Crippen LogP contribution is -2.33. The Hall–Kier alpha value is -3.45. The lowest BCUT2D eigenvalue weighted by atomic mass is 10.1. The minimum absolute atomic E-state index is 0.0713. The summed E-state index contributed by atoms with van der Waals surface area (Å²) in [5.41, 5.74) is 6.56. The molecule has 1 fully saturated rings. The maximum Gasteiger partial charge on any atom is 0.243 e. The molecular formula is C27H28N4O2S. The first-order chi connectivity index (χ1) is 16.3. The number of carbonyl (C=O) groups is 2. The van der Waals surface area contributed by atoms with Crippen LogP contribution in [0.15, 0.2) is 65.8 Å². The summed E-state index contributed by atoms with van der Waals surface area (Å²) in [5.74, 6) is -0.315. The number of para-hydroxylation sites is 1. The van der Waals surface area contributed by atoms with Crippen LogP contribution in [0.5, 0.6) is 0 Å². The van der Waals surface area contributed by atoms with E-state index in [9.17, 15) is 9.59 Å². The van der Waals surface area contributed by atoms with Crippen molar-refractivity contribution >= 4 is 40.1 Å². The zero-order valence-electron chi connectivity index (χ0n) is 19.8. The van der Waals surface area contributed by atoms with Crippen LogP contribution in [0.4, 0.5) is 11.4 Å². The molecule has 1 atom stereocenters. The lowest BCUT2D eigenvalue weighted by Gasteiger charge is -2.16. The third-order valence-electron chi connectivity index (χ3n) is 5.75. The van der Waals surface area contributed by atoms with Crippen LogP contribution in [0.2, 0.25) is 0 Å². The van der Waals surface area contributed by atoms with Gasteiger partial charge in [-0.05, 0) is 62.6 Å². The van der Waals surface area contributed by atoms with Gasteiger partial charge in [0.1, 0.15) is 5.25 Å². The van der Waals surface area contributed by atoms with Crippen molar-refractivity contribution in [1.29, 1.82) is 0 Å². The maximum absolute atomic E-state index is 13.4. The minimum Gasteiger partial charge on any atom is -0.326 e. The Kier molecular flexibility index (Phi) is 7.12. The van der Waals surface area contributed by atoms with E-state index in [1.165, 1.54) is 11.8 Å². The number of benzene rings is 2. The van der Waals surface area contributed by atoms with Gasteiger partial charge < -0.3 is 5.32 Å². The van der Waals surface area contributed by atoms with Gasteiger partial charge in [-0.2, -0.15) is 0 Å². The third kappa shape index (κ3) is 5.37. The van der Waals surface area contributed by atoms with E-state index in [1.54, 1.807) is 11.1 Å². The SMILES string of the molecule is Cc1ccc(N=C2SC(CC(=O)Nc3c(C)cccc3C)C(=O)N2Cc2ccccn2)c(C)c1. The smallest absolute Gasteiger partial charge is 0.243 e. The van der Waals surface area contributed by atoms with Crippen molar-refractivity contribution in [2.45, 2.75) is 45.9 Å². The molecule has 34 heavy (non-hydrogen) atoms. The van der Waals surface area contributed by atoms with Crippen molar-refractivity contribution in [2.24, 2.45) is 4.99 Å². The van der Waals surface area contributed by atoms with Crippen LogP contribution in [0.1, 0.15) is 34.4 Å². The van der Waals surface area contributed by atoms with Crippen LogP contribution in [0, 0.1) is 27.7 Å². The Morgan fingerprint density at radius 1 is 1.03 bits per heavy atom. The summed E-state index contributed by atoms with van der Waals surface area (Å²) in [7, 11) is 0. The molecule has 0 radical (unpaired) electrons. The minimum atomic E-state index is -0.544. The number of pyridine rings is 1. The Morgan fingerprint density at radius 2 is 1.79 bits per heavy atom. The molecule has 2 heterocycles. The number of hydrogen-bond acceptors (Lipinski definition) is 5. The van der Waals surface area contributed by atoms with Gasteiger partial charge in [-0.15, -0.1) is 0 Å². The molecule has 3 aromatic rings. The number of aromatic nitrogens is 1. The largest absolute Gasteiger partial charge is 0.326 e. The molecule has 4 rings (SSSR count). The molecule has 174 valence electrons. The number of hydrogen-bond donors (Lipinski definition) is 1. The molecule has 1 unspecified atom stereocenters. The number of thioether (sulfide) groups is 1. The molecule has 0 spiro atoms. The first kappa shape index (κ1) is 23.7. The van der Waals surface area contributed by atoms with Gasteiger partial charge in [0.2, 0.25) is 11.8 Å². The molecule has 6 nitrogen and oxygen atoms in total. The number of amides is 2. The standard InChI is InChI=1S/C27H28N4O2S/c1-17-11-12-22(20(4)14-17)29-27-31(16-21-10-5-6-13-28-21)26(33)23(34-27)15-24(32)30-25-18(2)8-7-9-19(25)3/h5-14,23H,15-16H2,1-4H3,(H,30,32). The van der Waals surface area contributed by atoms with Gasteiger partial charge in [-0.1, -0.05) is 53.7 Å². The summed E-state index contributed by atoms with van der Waals surface area (Å²) in [4.78, 5) is 37.1. The van der Waals surface area contributed by atoms with E-state index >= 15 is 0 Å². The van der Waals surface area contributed by atoms with Gasteiger partial charge in [0.05, 0.1) is 17.9 Å². The summed E-state index contributed by atoms with van der Waals surface area (Å²) in [6, 6.07) is 17.5. The Labute approximate surface area is 204 Å². The van der Waals surface area contributed by atoms with Crippen molar-refractivity contribution in [3.05, 3.63) is 88.7 Å². The second-order valence-corrected chi connectivity index (χ2v) is 9.73. The molecule has 0 bridgehead atoms. The summed E-state index contributed by atoms with van der Waals surface area (Å²) in [5, 5.41) is 3.04. The Balaban J connectivity index is 1.58. The number of carbonyl (C=O) groups excluding carboxylic acids is 2. The summed E-state index contributed by atoms with van der Waals surface area (Å²) < 4.78 is 0. The molecule has 2 aromatic carbocycles. The molecular weight excluding hydrogens is 444 g/mol. The quantitative estimate of drug-likeness (QED) is 0.516. The fourth-order valence-electron chi connectivity index (χ4n) is 3.93. The number of rotatable bonds is 6. The molecule has 1 N–H and O–H groups in total. The molecule has 1 saturated heterocycles. The third-order valence-corrected chi connectivity index (χ3v) is 6.93. The van der Waals surface area contributed by atoms with E-state index in [2.05, 4.69) is 16.4 Å². The highest BCUT2D eigenvalue weighted by Gasteiger charge is 2.39. The normalized spacial score (nSPS) is 16.8. The summed E-state index contributed by atoms with van der Waals surface area (Å²) >= 11 is 1.34. The highest BCUT2D eigenvalue weighted by Crippen LogP contribution is 2.34. The first-order valence-electron chi connectivity index (χ1n) is 11.2. The van der Waals surface area contributed by atoms with Crippen molar-refractivity contribution in [3.63, 3.8) is 0 Å². The van der Waals surface area contributed by atoms with E-state index < -0.39 is 5.25 Å². The Morgan fingerprint density at radius 3 is 2.47 bits per heavy atom. The number of aryl methyl sites for hydroxylation is 4. The van der Waals surface area contributed by atoms with E-state index in [0.29, 0.717) is 11.7 Å². The maximum atomic E-state index is 13.4. The van der Waals surface area contributed by atoms with Gasteiger partial charge >= 0.3 is 0 Å².